The molecule has 1 amide bonds. The minimum Gasteiger partial charge on any atom is -0.494 e. The van der Waals surface area contributed by atoms with Crippen LogP contribution in [0.25, 0.3) is 0 Å². The highest BCUT2D eigenvalue weighted by atomic mass is 19.1. The number of carbonyl (C=O) groups excluding carboxylic acids is 1. The van der Waals surface area contributed by atoms with E-state index >= 15 is 0 Å². The van der Waals surface area contributed by atoms with Crippen LogP contribution in [0.1, 0.15) is 56.2 Å². The van der Waals surface area contributed by atoms with Crippen LogP contribution < -0.4 is 18.9 Å². The maximum atomic E-state index is 14.8. The number of aliphatic carboxylic acids is 1. The summed E-state index contributed by atoms with van der Waals surface area (Å²) in [4.78, 5) is 30.0. The highest BCUT2D eigenvalue weighted by Crippen LogP contribution is 2.50. The van der Waals surface area contributed by atoms with Crippen LogP contribution in [0.2, 0.25) is 0 Å². The van der Waals surface area contributed by atoms with Gasteiger partial charge < -0.3 is 29.0 Å². The Bertz CT molecular complexity index is 1190. The minimum absolute atomic E-state index is 0.0179. The average molecular weight is 545 g/mol. The van der Waals surface area contributed by atoms with Crippen LogP contribution in [0.15, 0.2) is 30.3 Å². The van der Waals surface area contributed by atoms with Gasteiger partial charge >= 0.3 is 5.97 Å². The molecule has 2 heterocycles. The molecule has 0 aromatic heterocycles. The minimum atomic E-state index is -1.04. The number of ether oxygens (including phenoxy) is 4. The van der Waals surface area contributed by atoms with E-state index in [0.717, 1.165) is 19.3 Å². The van der Waals surface area contributed by atoms with Gasteiger partial charge in [0.1, 0.15) is 0 Å². The van der Waals surface area contributed by atoms with Crippen molar-refractivity contribution in [3.63, 3.8) is 0 Å². The summed E-state index contributed by atoms with van der Waals surface area (Å²) in [5, 5.41) is 10.5. The number of unbranched alkanes of at least 4 members (excludes halogenated alkanes) is 1. The molecule has 1 fully saturated rings. The summed E-state index contributed by atoms with van der Waals surface area (Å²) >= 11 is 0. The van der Waals surface area contributed by atoms with Crippen LogP contribution in [0.3, 0.4) is 0 Å². The first-order valence-corrected chi connectivity index (χ1v) is 13.4. The van der Waals surface area contributed by atoms with Crippen LogP contribution in [0, 0.1) is 11.7 Å². The Balaban J connectivity index is 1.75. The number of likely N-dealkylation sites (tertiary alicyclic amines) is 1. The largest absolute Gasteiger partial charge is 0.494 e. The van der Waals surface area contributed by atoms with Crippen molar-refractivity contribution in [2.45, 2.75) is 45.1 Å². The highest BCUT2D eigenvalue weighted by molar-refractivity contribution is 5.79. The summed E-state index contributed by atoms with van der Waals surface area (Å²) in [6, 6.07) is 7.25. The molecule has 39 heavy (non-hydrogen) atoms. The molecule has 2 aliphatic rings. The maximum absolute atomic E-state index is 14.8. The first-order chi connectivity index (χ1) is 18.8. The molecule has 2 aromatic carbocycles. The van der Waals surface area contributed by atoms with E-state index in [1.807, 2.05) is 16.7 Å². The Hall–Kier alpha value is -3.53. The second-order valence-corrected chi connectivity index (χ2v) is 9.93. The molecule has 0 aliphatic carbocycles. The summed E-state index contributed by atoms with van der Waals surface area (Å²) < 4.78 is 36.5. The van der Waals surface area contributed by atoms with E-state index in [4.69, 9.17) is 18.9 Å². The Kier molecular flexibility index (Phi) is 9.16. The fraction of sp³-hybridized carbons (Fsp3) is 0.517. The number of rotatable bonds is 12. The zero-order chi connectivity index (χ0) is 28.1. The van der Waals surface area contributed by atoms with Gasteiger partial charge in [-0.25, -0.2) is 4.39 Å². The van der Waals surface area contributed by atoms with Crippen molar-refractivity contribution in [3.05, 3.63) is 47.3 Å². The molecule has 1 saturated heterocycles. The van der Waals surface area contributed by atoms with Crippen molar-refractivity contribution in [3.8, 4) is 23.0 Å². The van der Waals surface area contributed by atoms with E-state index in [1.54, 1.807) is 18.2 Å². The van der Waals surface area contributed by atoms with Crippen molar-refractivity contribution in [2.75, 3.05) is 47.2 Å². The quantitative estimate of drug-likeness (QED) is 0.419. The molecular formula is C29H37FN2O7. The van der Waals surface area contributed by atoms with E-state index < -0.39 is 29.7 Å². The number of fused-ring (bicyclic) bond motifs is 1. The predicted octanol–water partition coefficient (Wildman–Crippen LogP) is 4.45. The lowest BCUT2D eigenvalue weighted by molar-refractivity contribution is -0.144. The van der Waals surface area contributed by atoms with Gasteiger partial charge in [-0.15, -0.1) is 0 Å². The summed E-state index contributed by atoms with van der Waals surface area (Å²) in [5.74, 6) is -1.73. The molecule has 0 radical (unpaired) electrons. The topological polar surface area (TPSA) is 97.8 Å². The molecule has 3 atom stereocenters. The van der Waals surface area contributed by atoms with E-state index in [-0.39, 0.29) is 31.5 Å². The maximum Gasteiger partial charge on any atom is 0.309 e. The van der Waals surface area contributed by atoms with Gasteiger partial charge in [0, 0.05) is 31.6 Å². The van der Waals surface area contributed by atoms with Crippen molar-refractivity contribution in [1.29, 1.82) is 0 Å². The van der Waals surface area contributed by atoms with Gasteiger partial charge in [0.2, 0.25) is 18.4 Å². The number of hydrogen-bond donors (Lipinski definition) is 1. The average Bonchev–Trinajstić information content (AvgIpc) is 3.55. The molecule has 1 N–H and O–H groups in total. The molecule has 10 heteroatoms. The molecule has 0 unspecified atom stereocenters. The SMILES string of the molecule is CCCCN(CCC)C(=O)CN1C[C@H](c2cc(OC)c3c(c2)OCO3)[C@@H](C(=O)O)[C@@H]1c1ccc(OC)c(F)c1. The number of amides is 1. The number of hydrogen-bond acceptors (Lipinski definition) is 7. The van der Waals surface area contributed by atoms with Gasteiger partial charge in [0.05, 0.1) is 26.7 Å². The molecule has 212 valence electrons. The summed E-state index contributed by atoms with van der Waals surface area (Å²) in [5.41, 5.74) is 1.16. The number of halogens is 1. The molecule has 9 nitrogen and oxygen atoms in total. The predicted molar refractivity (Wildman–Crippen MR) is 142 cm³/mol. The zero-order valence-corrected chi connectivity index (χ0v) is 22.9. The Labute approximate surface area is 228 Å². The van der Waals surface area contributed by atoms with Gasteiger partial charge in [-0.05, 0) is 48.2 Å². The Morgan fingerprint density at radius 1 is 1.05 bits per heavy atom. The lowest BCUT2D eigenvalue weighted by Crippen LogP contribution is -2.41. The van der Waals surface area contributed by atoms with Gasteiger partial charge in [0.15, 0.2) is 23.1 Å². The molecule has 0 bridgehead atoms. The van der Waals surface area contributed by atoms with E-state index in [2.05, 4.69) is 6.92 Å². The van der Waals surface area contributed by atoms with Crippen LogP contribution in [-0.2, 0) is 9.59 Å². The van der Waals surface area contributed by atoms with Crippen LogP contribution in [0.5, 0.6) is 23.0 Å². The molecule has 0 spiro atoms. The summed E-state index contributed by atoms with van der Waals surface area (Å²) in [6.45, 7) is 5.70. The number of nitrogens with zero attached hydrogens (tertiary/aromatic N) is 2. The number of benzene rings is 2. The van der Waals surface area contributed by atoms with Crippen LogP contribution in [0.4, 0.5) is 4.39 Å². The van der Waals surface area contributed by atoms with Crippen molar-refractivity contribution in [2.24, 2.45) is 5.92 Å². The number of carboxylic acids is 1. The second kappa shape index (κ2) is 12.5. The third-order valence-corrected chi connectivity index (χ3v) is 7.48. The zero-order valence-electron chi connectivity index (χ0n) is 22.9. The van der Waals surface area contributed by atoms with Crippen molar-refractivity contribution in [1.82, 2.24) is 9.80 Å². The summed E-state index contributed by atoms with van der Waals surface area (Å²) in [7, 11) is 2.89. The second-order valence-electron chi connectivity index (χ2n) is 9.93. The highest BCUT2D eigenvalue weighted by Gasteiger charge is 2.48. The number of carbonyl (C=O) groups is 2. The van der Waals surface area contributed by atoms with Gasteiger partial charge in [-0.2, -0.15) is 0 Å². The van der Waals surface area contributed by atoms with Gasteiger partial charge in [-0.1, -0.05) is 26.3 Å². The third-order valence-electron chi connectivity index (χ3n) is 7.48. The van der Waals surface area contributed by atoms with E-state index in [9.17, 15) is 19.1 Å². The standard InChI is InChI=1S/C29H37FN2O7/c1-5-7-11-31(10-6-2)25(33)16-32-15-20(19-13-23(37-4)28-24(14-19)38-17-39-28)26(29(34)35)27(32)18-8-9-22(36-3)21(30)12-18/h8-9,12-14,20,26-27H,5-7,10-11,15-17H2,1-4H3,(H,34,35)/t20-,26-,27+/m1/s1. The number of methoxy groups -OCH3 is 2. The van der Waals surface area contributed by atoms with Gasteiger partial charge in [-0.3, -0.25) is 14.5 Å². The Morgan fingerprint density at radius 3 is 2.46 bits per heavy atom. The first-order valence-electron chi connectivity index (χ1n) is 13.4. The first kappa shape index (κ1) is 28.5. The molecule has 0 saturated carbocycles. The lowest BCUT2D eigenvalue weighted by atomic mass is 9.82. The summed E-state index contributed by atoms with van der Waals surface area (Å²) in [6.07, 6.45) is 2.66. The molecule has 2 aliphatic heterocycles. The Morgan fingerprint density at radius 2 is 1.82 bits per heavy atom. The van der Waals surface area contributed by atoms with Gasteiger partial charge in [0.25, 0.3) is 0 Å². The lowest BCUT2D eigenvalue weighted by Gasteiger charge is -2.30. The molecular weight excluding hydrogens is 507 g/mol. The third kappa shape index (κ3) is 5.90. The number of carboxylic acid groups (broad SMARTS) is 1. The van der Waals surface area contributed by atoms with Crippen molar-refractivity contribution >= 4 is 11.9 Å². The van der Waals surface area contributed by atoms with Crippen LogP contribution in [-0.4, -0.2) is 74.0 Å². The van der Waals surface area contributed by atoms with Crippen LogP contribution >= 0.6 is 0 Å². The fourth-order valence-electron chi connectivity index (χ4n) is 5.61. The molecule has 4 rings (SSSR count). The normalized spacial score (nSPS) is 20.2. The van der Waals surface area contributed by atoms with Crippen molar-refractivity contribution < 1.29 is 38.0 Å². The van der Waals surface area contributed by atoms with E-state index in [1.165, 1.54) is 26.4 Å². The molecule has 2 aromatic rings. The van der Waals surface area contributed by atoms with E-state index in [0.29, 0.717) is 41.5 Å². The fourth-order valence-corrected chi connectivity index (χ4v) is 5.61. The smallest absolute Gasteiger partial charge is 0.309 e. The monoisotopic (exact) mass is 544 g/mol.